The van der Waals surface area contributed by atoms with Gasteiger partial charge in [-0.1, -0.05) is 19.9 Å². The molecular weight excluding hydrogens is 188 g/mol. The molecule has 1 N–H and O–H groups in total. The van der Waals surface area contributed by atoms with E-state index in [1.165, 1.54) is 6.33 Å². The van der Waals surface area contributed by atoms with Crippen molar-refractivity contribution in [2.75, 3.05) is 0 Å². The molecule has 0 unspecified atom stereocenters. The van der Waals surface area contributed by atoms with Gasteiger partial charge in [0.1, 0.15) is 0 Å². The number of hydrogen-bond acceptors (Lipinski definition) is 2. The molecule has 1 heterocycles. The molecule has 0 fully saturated rings. The molecule has 1 aromatic heterocycles. The van der Waals surface area contributed by atoms with Crippen molar-refractivity contribution in [3.05, 3.63) is 39.9 Å². The molecule has 0 atom stereocenters. The molecule has 3 nitrogen and oxygen atoms in total. The number of aromatic nitrogens is 2. The Balaban J connectivity index is 0.000000531. The third-order valence-corrected chi connectivity index (χ3v) is 2.34. The van der Waals surface area contributed by atoms with Gasteiger partial charge in [-0.3, -0.25) is 4.79 Å². The number of aryl methyl sites for hydroxylation is 2. The number of H-pyrrole nitrogens is 1. The lowest BCUT2D eigenvalue weighted by atomic mass is 10.1. The van der Waals surface area contributed by atoms with Crippen molar-refractivity contribution in [2.45, 2.75) is 27.7 Å². The van der Waals surface area contributed by atoms with Crippen LogP contribution in [0, 0.1) is 13.8 Å². The highest BCUT2D eigenvalue weighted by molar-refractivity contribution is 5.81. The summed E-state index contributed by atoms with van der Waals surface area (Å²) < 4.78 is 0. The van der Waals surface area contributed by atoms with Crippen LogP contribution in [0.3, 0.4) is 0 Å². The molecule has 80 valence electrons. The van der Waals surface area contributed by atoms with E-state index in [-0.39, 0.29) is 5.56 Å². The van der Waals surface area contributed by atoms with Crippen LogP contribution in [-0.4, -0.2) is 9.97 Å². The summed E-state index contributed by atoms with van der Waals surface area (Å²) in [5, 5.41) is 0.697. The highest BCUT2D eigenvalue weighted by Gasteiger charge is 2.03. The SMILES string of the molecule is CC.Cc1ccc2nc[nH]c(=O)c2c1C. The molecule has 0 spiro atoms. The Morgan fingerprint density at radius 1 is 1.20 bits per heavy atom. The summed E-state index contributed by atoms with van der Waals surface area (Å²) in [6, 6.07) is 3.84. The fourth-order valence-electron chi connectivity index (χ4n) is 1.43. The Morgan fingerprint density at radius 3 is 2.53 bits per heavy atom. The zero-order valence-electron chi connectivity index (χ0n) is 9.59. The van der Waals surface area contributed by atoms with E-state index in [1.807, 2.05) is 39.8 Å². The number of nitrogens with zero attached hydrogens (tertiary/aromatic N) is 1. The van der Waals surface area contributed by atoms with Crippen LogP contribution in [0.5, 0.6) is 0 Å². The minimum Gasteiger partial charge on any atom is -0.313 e. The molecule has 0 bridgehead atoms. The van der Waals surface area contributed by atoms with Crippen molar-refractivity contribution in [3.8, 4) is 0 Å². The van der Waals surface area contributed by atoms with Gasteiger partial charge in [-0.15, -0.1) is 0 Å². The third-order valence-electron chi connectivity index (χ3n) is 2.34. The van der Waals surface area contributed by atoms with Gasteiger partial charge in [-0.05, 0) is 31.0 Å². The van der Waals surface area contributed by atoms with Crippen LogP contribution < -0.4 is 5.56 Å². The maximum atomic E-state index is 11.5. The van der Waals surface area contributed by atoms with Crippen LogP contribution in [0.25, 0.3) is 10.9 Å². The minimum atomic E-state index is -0.0637. The van der Waals surface area contributed by atoms with Gasteiger partial charge >= 0.3 is 0 Å². The molecule has 0 aliphatic carbocycles. The van der Waals surface area contributed by atoms with Gasteiger partial charge in [0, 0.05) is 0 Å². The average Bonchev–Trinajstić information content (AvgIpc) is 2.26. The van der Waals surface area contributed by atoms with E-state index < -0.39 is 0 Å². The Labute approximate surface area is 89.2 Å². The van der Waals surface area contributed by atoms with Gasteiger partial charge in [0.05, 0.1) is 17.2 Å². The molecule has 0 aliphatic rings. The molecule has 2 aromatic rings. The lowest BCUT2D eigenvalue weighted by Crippen LogP contribution is -2.08. The Kier molecular flexibility index (Phi) is 3.61. The highest BCUT2D eigenvalue weighted by Crippen LogP contribution is 2.14. The largest absolute Gasteiger partial charge is 0.313 e. The fraction of sp³-hybridized carbons (Fsp3) is 0.333. The summed E-state index contributed by atoms with van der Waals surface area (Å²) in [6.45, 7) is 7.93. The molecule has 0 aliphatic heterocycles. The normalized spacial score (nSPS) is 9.60. The first-order valence-electron chi connectivity index (χ1n) is 5.14. The molecule has 15 heavy (non-hydrogen) atoms. The number of fused-ring (bicyclic) bond motifs is 1. The molecule has 1 aromatic carbocycles. The summed E-state index contributed by atoms with van der Waals surface area (Å²) in [5.74, 6) is 0. The van der Waals surface area contributed by atoms with Crippen molar-refractivity contribution in [2.24, 2.45) is 0 Å². The lowest BCUT2D eigenvalue weighted by Gasteiger charge is -2.02. The Morgan fingerprint density at radius 2 is 1.87 bits per heavy atom. The van der Waals surface area contributed by atoms with Crippen LogP contribution >= 0.6 is 0 Å². The Hall–Kier alpha value is -1.64. The smallest absolute Gasteiger partial charge is 0.258 e. The van der Waals surface area contributed by atoms with Gasteiger partial charge < -0.3 is 4.98 Å². The summed E-state index contributed by atoms with van der Waals surface area (Å²) in [5.41, 5.74) is 2.82. The lowest BCUT2D eigenvalue weighted by molar-refractivity contribution is 1.16. The van der Waals surface area contributed by atoms with Crippen molar-refractivity contribution < 1.29 is 0 Å². The van der Waals surface area contributed by atoms with Crippen LogP contribution in [0.1, 0.15) is 25.0 Å². The predicted octanol–water partition coefficient (Wildman–Crippen LogP) is 2.57. The van der Waals surface area contributed by atoms with E-state index in [0.29, 0.717) is 5.39 Å². The third kappa shape index (κ3) is 2.06. The number of hydrogen-bond donors (Lipinski definition) is 1. The monoisotopic (exact) mass is 204 g/mol. The molecular formula is C12H16N2O. The van der Waals surface area contributed by atoms with Crippen molar-refractivity contribution in [1.82, 2.24) is 9.97 Å². The first-order chi connectivity index (χ1) is 7.20. The van der Waals surface area contributed by atoms with Gasteiger partial charge in [0.2, 0.25) is 0 Å². The van der Waals surface area contributed by atoms with E-state index in [2.05, 4.69) is 9.97 Å². The maximum Gasteiger partial charge on any atom is 0.258 e. The van der Waals surface area contributed by atoms with Crippen LogP contribution in [0.15, 0.2) is 23.3 Å². The first kappa shape index (κ1) is 11.4. The standard InChI is InChI=1S/C10H10N2O.C2H6/c1-6-3-4-8-9(7(6)2)10(13)12-5-11-8;1-2/h3-5H,1-2H3,(H,11,12,13);1-2H3. The van der Waals surface area contributed by atoms with Crippen molar-refractivity contribution in [3.63, 3.8) is 0 Å². The summed E-state index contributed by atoms with van der Waals surface area (Å²) >= 11 is 0. The molecule has 0 saturated carbocycles. The van der Waals surface area contributed by atoms with Crippen molar-refractivity contribution >= 4 is 10.9 Å². The van der Waals surface area contributed by atoms with Gasteiger partial charge in [-0.2, -0.15) is 0 Å². The fourth-order valence-corrected chi connectivity index (χ4v) is 1.43. The average molecular weight is 204 g/mol. The number of rotatable bonds is 0. The van der Waals surface area contributed by atoms with E-state index >= 15 is 0 Å². The quantitative estimate of drug-likeness (QED) is 0.716. The maximum absolute atomic E-state index is 11.5. The van der Waals surface area contributed by atoms with E-state index in [4.69, 9.17) is 0 Å². The van der Waals surface area contributed by atoms with E-state index in [1.54, 1.807) is 0 Å². The second kappa shape index (κ2) is 4.73. The Bertz CT molecular complexity index is 515. The molecule has 0 amide bonds. The minimum absolute atomic E-state index is 0.0637. The number of aromatic amines is 1. The van der Waals surface area contributed by atoms with E-state index in [9.17, 15) is 4.79 Å². The van der Waals surface area contributed by atoms with Gasteiger partial charge in [-0.25, -0.2) is 4.98 Å². The van der Waals surface area contributed by atoms with Gasteiger partial charge in [0.25, 0.3) is 5.56 Å². The second-order valence-electron chi connectivity index (χ2n) is 3.13. The molecule has 3 heteroatoms. The molecule has 2 rings (SSSR count). The second-order valence-corrected chi connectivity index (χ2v) is 3.13. The highest BCUT2D eigenvalue weighted by atomic mass is 16.1. The van der Waals surface area contributed by atoms with Crippen LogP contribution in [-0.2, 0) is 0 Å². The topological polar surface area (TPSA) is 45.8 Å². The zero-order chi connectivity index (χ0) is 11.4. The van der Waals surface area contributed by atoms with Gasteiger partial charge in [0.15, 0.2) is 0 Å². The van der Waals surface area contributed by atoms with Crippen LogP contribution in [0.4, 0.5) is 0 Å². The molecule has 0 radical (unpaired) electrons. The number of benzene rings is 1. The van der Waals surface area contributed by atoms with Crippen LogP contribution in [0.2, 0.25) is 0 Å². The van der Waals surface area contributed by atoms with E-state index in [0.717, 1.165) is 16.6 Å². The summed E-state index contributed by atoms with van der Waals surface area (Å²) in [6.07, 6.45) is 1.43. The predicted molar refractivity (Wildman–Crippen MR) is 63.2 cm³/mol. The zero-order valence-corrected chi connectivity index (χ0v) is 9.59. The first-order valence-corrected chi connectivity index (χ1v) is 5.14. The van der Waals surface area contributed by atoms with Crippen molar-refractivity contribution in [1.29, 1.82) is 0 Å². The summed E-state index contributed by atoms with van der Waals surface area (Å²) in [4.78, 5) is 18.1. The summed E-state index contributed by atoms with van der Waals surface area (Å²) in [7, 11) is 0. The number of nitrogens with one attached hydrogen (secondary N) is 1. The molecule has 0 saturated heterocycles.